The molecule has 0 saturated heterocycles. The van der Waals surface area contributed by atoms with Gasteiger partial charge in [-0.25, -0.2) is 4.98 Å². The van der Waals surface area contributed by atoms with Gasteiger partial charge in [-0.3, -0.25) is 9.20 Å². The van der Waals surface area contributed by atoms with Crippen LogP contribution in [0.2, 0.25) is 5.02 Å². The first-order valence-corrected chi connectivity index (χ1v) is 7.51. The van der Waals surface area contributed by atoms with Gasteiger partial charge in [0.2, 0.25) is 0 Å². The summed E-state index contributed by atoms with van der Waals surface area (Å²) in [6.07, 6.45) is 2.73. The molecule has 110 valence electrons. The van der Waals surface area contributed by atoms with Gasteiger partial charge in [0.15, 0.2) is 0 Å². The summed E-state index contributed by atoms with van der Waals surface area (Å²) in [6.45, 7) is 0. The molecule has 7 heteroatoms. The van der Waals surface area contributed by atoms with Crippen LogP contribution in [0.1, 0.15) is 5.56 Å². The summed E-state index contributed by atoms with van der Waals surface area (Å²) in [7, 11) is 0. The van der Waals surface area contributed by atoms with E-state index in [9.17, 15) is 4.79 Å². The van der Waals surface area contributed by atoms with Crippen molar-refractivity contribution < 1.29 is 5.21 Å². The van der Waals surface area contributed by atoms with Gasteiger partial charge in [-0.2, -0.15) is 0 Å². The minimum atomic E-state index is -0.292. The molecule has 2 heterocycles. The summed E-state index contributed by atoms with van der Waals surface area (Å²) in [6, 6.07) is 12.5. The zero-order valence-corrected chi connectivity index (χ0v) is 12.8. The highest BCUT2D eigenvalue weighted by Gasteiger charge is 2.12. The molecule has 0 fully saturated rings. The molecular weight excluding hydrogens is 322 g/mol. The van der Waals surface area contributed by atoms with Crippen LogP contribution in [-0.4, -0.2) is 20.8 Å². The number of rotatable bonds is 3. The Balaban J connectivity index is 2.16. The van der Waals surface area contributed by atoms with Gasteiger partial charge in [0.05, 0.1) is 11.8 Å². The number of hydrogen-bond acceptors (Lipinski definition) is 5. The number of pyridine rings is 1. The third kappa shape index (κ3) is 2.84. The highest BCUT2D eigenvalue weighted by Crippen LogP contribution is 2.28. The van der Waals surface area contributed by atoms with Crippen LogP contribution < -0.4 is 5.56 Å². The molecular formula is C15H10ClN3O2S. The molecule has 0 saturated carbocycles. The largest absolute Gasteiger partial charge is 0.411 e. The van der Waals surface area contributed by atoms with Crippen molar-refractivity contribution in [3.8, 4) is 0 Å². The minimum Gasteiger partial charge on any atom is -0.411 e. The van der Waals surface area contributed by atoms with E-state index in [4.69, 9.17) is 16.8 Å². The first kappa shape index (κ1) is 14.6. The Bertz CT molecular complexity index is 907. The van der Waals surface area contributed by atoms with E-state index in [2.05, 4.69) is 10.1 Å². The number of hydrogen-bond donors (Lipinski definition) is 1. The molecule has 0 unspecified atom stereocenters. The summed E-state index contributed by atoms with van der Waals surface area (Å²) in [5.41, 5.74) is 0.463. The van der Waals surface area contributed by atoms with Crippen molar-refractivity contribution in [3.63, 3.8) is 0 Å². The van der Waals surface area contributed by atoms with Gasteiger partial charge < -0.3 is 5.21 Å². The first-order valence-electron chi connectivity index (χ1n) is 6.31. The monoisotopic (exact) mass is 331 g/mol. The summed E-state index contributed by atoms with van der Waals surface area (Å²) < 4.78 is 1.41. The highest BCUT2D eigenvalue weighted by molar-refractivity contribution is 7.99. The molecule has 5 nitrogen and oxygen atoms in total. The Morgan fingerprint density at radius 2 is 2.00 bits per heavy atom. The average molecular weight is 332 g/mol. The molecule has 2 aromatic heterocycles. The fraction of sp³-hybridized carbons (Fsp3) is 0. The predicted molar refractivity (Wildman–Crippen MR) is 86.4 cm³/mol. The van der Waals surface area contributed by atoms with Crippen molar-refractivity contribution in [3.05, 3.63) is 69.6 Å². The Labute approximate surface area is 134 Å². The van der Waals surface area contributed by atoms with Gasteiger partial charge in [-0.1, -0.05) is 34.6 Å². The second kappa shape index (κ2) is 6.21. The number of aromatic nitrogens is 2. The third-order valence-corrected chi connectivity index (χ3v) is 4.21. The molecule has 1 aromatic carbocycles. The van der Waals surface area contributed by atoms with Crippen LogP contribution in [0.5, 0.6) is 0 Å². The summed E-state index contributed by atoms with van der Waals surface area (Å²) in [5.74, 6) is 0. The van der Waals surface area contributed by atoms with E-state index < -0.39 is 0 Å². The van der Waals surface area contributed by atoms with Gasteiger partial charge in [-0.15, -0.1) is 0 Å². The number of fused-ring (bicyclic) bond motifs is 1. The zero-order chi connectivity index (χ0) is 15.5. The van der Waals surface area contributed by atoms with E-state index in [1.165, 1.54) is 16.2 Å². The van der Waals surface area contributed by atoms with E-state index in [0.717, 1.165) is 11.1 Å². The molecule has 0 radical (unpaired) electrons. The Kier molecular flexibility index (Phi) is 4.13. The molecule has 1 N–H and O–H groups in total. The van der Waals surface area contributed by atoms with Crippen molar-refractivity contribution >= 4 is 35.2 Å². The van der Waals surface area contributed by atoms with Gasteiger partial charge in [-0.05, 0) is 36.4 Å². The van der Waals surface area contributed by atoms with Crippen LogP contribution >= 0.6 is 23.4 Å². The Hall–Kier alpha value is -2.31. The normalized spacial score (nSPS) is 11.3. The van der Waals surface area contributed by atoms with Crippen molar-refractivity contribution in [1.82, 2.24) is 9.38 Å². The van der Waals surface area contributed by atoms with Gasteiger partial charge >= 0.3 is 0 Å². The van der Waals surface area contributed by atoms with E-state index in [0.29, 0.717) is 15.7 Å². The number of benzene rings is 1. The number of nitrogens with zero attached hydrogens (tertiary/aromatic N) is 3. The van der Waals surface area contributed by atoms with Crippen LogP contribution in [0.3, 0.4) is 0 Å². The molecule has 22 heavy (non-hydrogen) atoms. The smallest absolute Gasteiger partial charge is 0.267 e. The lowest BCUT2D eigenvalue weighted by molar-refractivity contribution is 0.321. The maximum Gasteiger partial charge on any atom is 0.267 e. The second-order valence-electron chi connectivity index (χ2n) is 4.37. The molecule has 0 aliphatic heterocycles. The maximum absolute atomic E-state index is 12.5. The Morgan fingerprint density at radius 3 is 2.73 bits per heavy atom. The zero-order valence-electron chi connectivity index (χ0n) is 11.2. The first-order chi connectivity index (χ1) is 10.7. The van der Waals surface area contributed by atoms with Crippen LogP contribution in [-0.2, 0) is 0 Å². The van der Waals surface area contributed by atoms with Crippen LogP contribution in [0.15, 0.2) is 68.5 Å². The maximum atomic E-state index is 12.5. The lowest BCUT2D eigenvalue weighted by Gasteiger charge is -2.07. The quantitative estimate of drug-likeness (QED) is 0.346. The standard InChI is InChI=1S/C15H10ClN3O2S/c16-10-4-6-11(7-5-10)22-14-12(9-17-21)15(20)19-8-2-1-3-13(19)18-14/h1-9,21H. The number of oxime groups is 1. The lowest BCUT2D eigenvalue weighted by atomic mass is 10.3. The van der Waals surface area contributed by atoms with Crippen LogP contribution in [0.4, 0.5) is 0 Å². The van der Waals surface area contributed by atoms with Crippen molar-refractivity contribution in [2.45, 2.75) is 9.92 Å². The molecule has 0 bridgehead atoms. The van der Waals surface area contributed by atoms with E-state index in [-0.39, 0.29) is 11.1 Å². The van der Waals surface area contributed by atoms with Crippen molar-refractivity contribution in [1.29, 1.82) is 0 Å². The van der Waals surface area contributed by atoms with Crippen LogP contribution in [0.25, 0.3) is 5.65 Å². The summed E-state index contributed by atoms with van der Waals surface area (Å²) in [5, 5.41) is 12.9. The lowest BCUT2D eigenvalue weighted by Crippen LogP contribution is -2.20. The van der Waals surface area contributed by atoms with Crippen LogP contribution in [0, 0.1) is 0 Å². The van der Waals surface area contributed by atoms with Gasteiger partial charge in [0.25, 0.3) is 5.56 Å². The molecule has 0 atom stereocenters. The SMILES string of the molecule is O=c1c(C=NO)c(Sc2ccc(Cl)cc2)nc2ccccn12. The van der Waals surface area contributed by atoms with E-state index >= 15 is 0 Å². The molecule has 3 aromatic rings. The predicted octanol–water partition coefficient (Wildman–Crippen LogP) is 3.31. The Morgan fingerprint density at radius 1 is 1.23 bits per heavy atom. The second-order valence-corrected chi connectivity index (χ2v) is 5.86. The molecule has 0 spiro atoms. The molecule has 0 amide bonds. The van der Waals surface area contributed by atoms with Crippen molar-refractivity contribution in [2.75, 3.05) is 0 Å². The third-order valence-electron chi connectivity index (χ3n) is 2.95. The highest BCUT2D eigenvalue weighted by atomic mass is 35.5. The van der Waals surface area contributed by atoms with Gasteiger partial charge in [0.1, 0.15) is 10.7 Å². The molecule has 0 aliphatic carbocycles. The summed E-state index contributed by atoms with van der Waals surface area (Å²) >= 11 is 7.17. The van der Waals surface area contributed by atoms with Crippen molar-refractivity contribution in [2.24, 2.45) is 5.16 Å². The molecule has 0 aliphatic rings. The van der Waals surface area contributed by atoms with Gasteiger partial charge in [0, 0.05) is 16.1 Å². The number of halogens is 1. The molecule has 3 rings (SSSR count). The van der Waals surface area contributed by atoms with E-state index in [1.54, 1.807) is 36.5 Å². The van der Waals surface area contributed by atoms with E-state index in [1.807, 2.05) is 12.1 Å². The fourth-order valence-electron chi connectivity index (χ4n) is 1.94. The minimum absolute atomic E-state index is 0.228. The fourth-order valence-corrected chi connectivity index (χ4v) is 2.95. The topological polar surface area (TPSA) is 67.0 Å². The average Bonchev–Trinajstić information content (AvgIpc) is 2.53. The summed E-state index contributed by atoms with van der Waals surface area (Å²) in [4.78, 5) is 17.8.